The zero-order chi connectivity index (χ0) is 14.0. The Morgan fingerprint density at radius 3 is 2.68 bits per heavy atom. The Morgan fingerprint density at radius 2 is 2.05 bits per heavy atom. The van der Waals surface area contributed by atoms with Gasteiger partial charge in [-0.25, -0.2) is 9.18 Å². The fraction of sp³-hybridized carbons (Fsp3) is 0.0714. The van der Waals surface area contributed by atoms with E-state index in [1.54, 1.807) is 25.1 Å². The Labute approximate surface area is 114 Å². The van der Waals surface area contributed by atoms with E-state index in [4.69, 9.17) is 21.4 Å². The first kappa shape index (κ1) is 13.4. The number of carboxylic acids is 1. The molecule has 5 heteroatoms. The lowest BCUT2D eigenvalue weighted by Gasteiger charge is -2.10. The molecule has 0 spiro atoms. The van der Waals surface area contributed by atoms with Crippen molar-refractivity contribution >= 4 is 17.6 Å². The van der Waals surface area contributed by atoms with E-state index in [-0.39, 0.29) is 22.1 Å². The van der Waals surface area contributed by atoms with Gasteiger partial charge in [-0.05, 0) is 30.7 Å². The van der Waals surface area contributed by atoms with Crippen molar-refractivity contribution in [3.63, 3.8) is 0 Å². The topological polar surface area (TPSA) is 46.5 Å². The van der Waals surface area contributed by atoms with Crippen molar-refractivity contribution in [2.45, 2.75) is 6.92 Å². The number of carbonyl (C=O) groups is 1. The van der Waals surface area contributed by atoms with E-state index in [0.29, 0.717) is 5.56 Å². The maximum absolute atomic E-state index is 13.4. The van der Waals surface area contributed by atoms with Gasteiger partial charge in [0.15, 0.2) is 0 Å². The van der Waals surface area contributed by atoms with Gasteiger partial charge in [-0.3, -0.25) is 0 Å². The van der Waals surface area contributed by atoms with Gasteiger partial charge in [0.2, 0.25) is 0 Å². The normalized spacial score (nSPS) is 10.3. The molecule has 0 saturated heterocycles. The van der Waals surface area contributed by atoms with Crippen LogP contribution in [0.1, 0.15) is 15.9 Å². The lowest BCUT2D eigenvalue weighted by molar-refractivity contribution is 0.0694. The summed E-state index contributed by atoms with van der Waals surface area (Å²) in [6.07, 6.45) is 0. The van der Waals surface area contributed by atoms with Crippen molar-refractivity contribution in [3.05, 3.63) is 58.4 Å². The fourth-order valence-corrected chi connectivity index (χ4v) is 1.81. The summed E-state index contributed by atoms with van der Waals surface area (Å²) in [6.45, 7) is 1.63. The molecule has 0 aromatic heterocycles. The van der Waals surface area contributed by atoms with E-state index in [0.717, 1.165) is 0 Å². The highest BCUT2D eigenvalue weighted by atomic mass is 35.5. The predicted octanol–water partition coefficient (Wildman–Crippen LogP) is 4.28. The molecule has 98 valence electrons. The highest BCUT2D eigenvalue weighted by Gasteiger charge is 2.16. The van der Waals surface area contributed by atoms with Gasteiger partial charge in [-0.2, -0.15) is 0 Å². The highest BCUT2D eigenvalue weighted by Crippen LogP contribution is 2.31. The SMILES string of the molecule is Cc1ccc(Oc2cccc(Cl)c2C(=O)O)cc1F. The van der Waals surface area contributed by atoms with Crippen LogP contribution >= 0.6 is 11.6 Å². The Kier molecular flexibility index (Phi) is 3.71. The van der Waals surface area contributed by atoms with Crippen LogP contribution in [0.4, 0.5) is 4.39 Å². The van der Waals surface area contributed by atoms with Crippen LogP contribution < -0.4 is 4.74 Å². The van der Waals surface area contributed by atoms with E-state index < -0.39 is 11.8 Å². The molecule has 0 amide bonds. The van der Waals surface area contributed by atoms with Gasteiger partial charge < -0.3 is 9.84 Å². The third kappa shape index (κ3) is 2.85. The Hall–Kier alpha value is -2.07. The number of carboxylic acid groups (broad SMARTS) is 1. The molecule has 0 fully saturated rings. The molecule has 0 bridgehead atoms. The smallest absolute Gasteiger partial charge is 0.341 e. The zero-order valence-corrected chi connectivity index (χ0v) is 10.7. The van der Waals surface area contributed by atoms with Gasteiger partial charge in [0, 0.05) is 6.07 Å². The second kappa shape index (κ2) is 5.28. The number of benzene rings is 2. The van der Waals surface area contributed by atoms with Crippen molar-refractivity contribution in [2.24, 2.45) is 0 Å². The summed E-state index contributed by atoms with van der Waals surface area (Å²) in [6, 6.07) is 8.79. The highest BCUT2D eigenvalue weighted by molar-refractivity contribution is 6.33. The number of aromatic carboxylic acids is 1. The van der Waals surface area contributed by atoms with E-state index in [1.165, 1.54) is 18.2 Å². The minimum atomic E-state index is -1.20. The monoisotopic (exact) mass is 280 g/mol. The largest absolute Gasteiger partial charge is 0.478 e. The van der Waals surface area contributed by atoms with Crippen LogP contribution in [0.5, 0.6) is 11.5 Å². The summed E-state index contributed by atoms with van der Waals surface area (Å²) in [5, 5.41) is 9.15. The van der Waals surface area contributed by atoms with Gasteiger partial charge in [0.1, 0.15) is 22.9 Å². The minimum absolute atomic E-state index is 0.0672. The van der Waals surface area contributed by atoms with Gasteiger partial charge in [0.05, 0.1) is 5.02 Å². The van der Waals surface area contributed by atoms with E-state index >= 15 is 0 Å². The summed E-state index contributed by atoms with van der Waals surface area (Å²) >= 11 is 5.81. The van der Waals surface area contributed by atoms with E-state index in [1.807, 2.05) is 0 Å². The number of halogens is 2. The second-order valence-corrected chi connectivity index (χ2v) is 4.34. The Balaban J connectivity index is 2.40. The van der Waals surface area contributed by atoms with Crippen LogP contribution in [-0.4, -0.2) is 11.1 Å². The van der Waals surface area contributed by atoms with Crippen molar-refractivity contribution in [3.8, 4) is 11.5 Å². The number of aryl methyl sites for hydroxylation is 1. The molecule has 0 saturated carbocycles. The van der Waals surface area contributed by atoms with Gasteiger partial charge in [0.25, 0.3) is 0 Å². The summed E-state index contributed by atoms with van der Waals surface area (Å²) in [4.78, 5) is 11.1. The second-order valence-electron chi connectivity index (χ2n) is 3.93. The lowest BCUT2D eigenvalue weighted by atomic mass is 10.2. The molecule has 2 aromatic carbocycles. The molecule has 3 nitrogen and oxygen atoms in total. The molecular weight excluding hydrogens is 271 g/mol. The third-order valence-corrected chi connectivity index (χ3v) is 2.88. The molecule has 0 unspecified atom stereocenters. The van der Waals surface area contributed by atoms with Gasteiger partial charge >= 0.3 is 5.97 Å². The quantitative estimate of drug-likeness (QED) is 0.913. The van der Waals surface area contributed by atoms with Crippen molar-refractivity contribution < 1.29 is 19.0 Å². The molecular formula is C14H10ClFO3. The average molecular weight is 281 g/mol. The molecule has 0 heterocycles. The Morgan fingerprint density at radius 1 is 1.32 bits per heavy atom. The number of rotatable bonds is 3. The van der Waals surface area contributed by atoms with Gasteiger partial charge in [-0.15, -0.1) is 0 Å². The summed E-state index contributed by atoms with van der Waals surface area (Å²) in [5.41, 5.74) is 0.335. The first-order valence-corrected chi connectivity index (χ1v) is 5.82. The van der Waals surface area contributed by atoms with E-state index in [2.05, 4.69) is 0 Å². The van der Waals surface area contributed by atoms with Crippen LogP contribution in [0, 0.1) is 12.7 Å². The molecule has 1 N–H and O–H groups in total. The summed E-state index contributed by atoms with van der Waals surface area (Å²) in [7, 11) is 0. The molecule has 0 atom stereocenters. The summed E-state index contributed by atoms with van der Waals surface area (Å²) < 4.78 is 18.8. The van der Waals surface area contributed by atoms with Crippen LogP contribution in [0.15, 0.2) is 36.4 Å². The maximum Gasteiger partial charge on any atom is 0.341 e. The van der Waals surface area contributed by atoms with Crippen LogP contribution in [0.2, 0.25) is 5.02 Å². The number of hydrogen-bond donors (Lipinski definition) is 1. The third-order valence-electron chi connectivity index (χ3n) is 2.56. The Bertz CT molecular complexity index is 641. The van der Waals surface area contributed by atoms with Crippen LogP contribution in [0.3, 0.4) is 0 Å². The lowest BCUT2D eigenvalue weighted by Crippen LogP contribution is -2.01. The molecule has 0 aliphatic heterocycles. The molecule has 2 rings (SSSR count). The first-order valence-electron chi connectivity index (χ1n) is 5.45. The number of hydrogen-bond acceptors (Lipinski definition) is 2. The molecule has 19 heavy (non-hydrogen) atoms. The van der Waals surface area contributed by atoms with Crippen LogP contribution in [0.25, 0.3) is 0 Å². The molecule has 0 radical (unpaired) electrons. The molecule has 0 aliphatic rings. The minimum Gasteiger partial charge on any atom is -0.478 e. The maximum atomic E-state index is 13.4. The molecule has 2 aromatic rings. The van der Waals surface area contributed by atoms with Crippen LogP contribution in [-0.2, 0) is 0 Å². The average Bonchev–Trinajstić information content (AvgIpc) is 2.33. The predicted molar refractivity (Wildman–Crippen MR) is 69.6 cm³/mol. The fourth-order valence-electron chi connectivity index (χ4n) is 1.56. The van der Waals surface area contributed by atoms with Crippen molar-refractivity contribution in [2.75, 3.05) is 0 Å². The van der Waals surface area contributed by atoms with Gasteiger partial charge in [-0.1, -0.05) is 23.7 Å². The standard InChI is InChI=1S/C14H10ClFO3/c1-8-5-6-9(7-11(8)16)19-12-4-2-3-10(15)13(12)14(17)18/h2-7H,1H3,(H,17,18). The first-order chi connectivity index (χ1) is 8.99. The van der Waals surface area contributed by atoms with Crippen molar-refractivity contribution in [1.82, 2.24) is 0 Å². The summed E-state index contributed by atoms with van der Waals surface area (Å²) in [5.74, 6) is -1.33. The van der Waals surface area contributed by atoms with E-state index in [9.17, 15) is 9.18 Å². The zero-order valence-electron chi connectivity index (χ0n) is 9.98. The molecule has 0 aliphatic carbocycles. The van der Waals surface area contributed by atoms with Crippen molar-refractivity contribution in [1.29, 1.82) is 0 Å². The number of ether oxygens (including phenoxy) is 1.